The van der Waals surface area contributed by atoms with Crippen LogP contribution in [0.1, 0.15) is 25.7 Å². The molecule has 0 aliphatic carbocycles. The lowest BCUT2D eigenvalue weighted by molar-refractivity contribution is 0.0524. The van der Waals surface area contributed by atoms with Crippen molar-refractivity contribution < 1.29 is 14.3 Å². The van der Waals surface area contributed by atoms with Gasteiger partial charge in [-0.15, -0.1) is 0 Å². The van der Waals surface area contributed by atoms with Gasteiger partial charge in [0.15, 0.2) is 5.82 Å². The summed E-state index contributed by atoms with van der Waals surface area (Å²) in [5, 5.41) is 7.21. The first-order valence-electron chi connectivity index (χ1n) is 9.54. The number of carbonyl (C=O) groups excluding carboxylic acids is 1. The van der Waals surface area contributed by atoms with Gasteiger partial charge in [0.2, 0.25) is 0 Å². The molecule has 144 valence electrons. The van der Waals surface area contributed by atoms with Gasteiger partial charge in [-0.3, -0.25) is 0 Å². The quantitative estimate of drug-likeness (QED) is 0.844. The Morgan fingerprint density at radius 3 is 2.48 bits per heavy atom. The van der Waals surface area contributed by atoms with Gasteiger partial charge >= 0.3 is 6.03 Å². The third-order valence-corrected chi connectivity index (χ3v) is 4.93. The normalized spacial score (nSPS) is 22.1. The minimum Gasteiger partial charge on any atom is -0.376 e. The van der Waals surface area contributed by atoms with Gasteiger partial charge < -0.3 is 19.7 Å². The van der Waals surface area contributed by atoms with Crippen molar-refractivity contribution in [2.45, 2.75) is 37.9 Å². The summed E-state index contributed by atoms with van der Waals surface area (Å²) in [7, 11) is 0. The van der Waals surface area contributed by atoms with Gasteiger partial charge in [-0.2, -0.15) is 5.10 Å². The zero-order valence-electron chi connectivity index (χ0n) is 15.3. The molecule has 0 spiro atoms. The Labute approximate surface area is 158 Å². The number of ether oxygens (including phenoxy) is 2. The first-order valence-corrected chi connectivity index (χ1v) is 9.54. The van der Waals surface area contributed by atoms with Crippen molar-refractivity contribution in [3.05, 3.63) is 36.8 Å². The third kappa shape index (κ3) is 4.45. The summed E-state index contributed by atoms with van der Waals surface area (Å²) >= 11 is 0. The minimum atomic E-state index is -0.164. The van der Waals surface area contributed by atoms with E-state index in [9.17, 15) is 4.79 Å². The number of amides is 2. The molecule has 1 N–H and O–H groups in total. The monoisotopic (exact) mass is 371 g/mol. The van der Waals surface area contributed by atoms with Crippen molar-refractivity contribution in [3.8, 4) is 5.82 Å². The van der Waals surface area contributed by atoms with E-state index in [4.69, 9.17) is 9.47 Å². The topological polar surface area (TPSA) is 81.5 Å². The minimum absolute atomic E-state index is 0.0941. The molecule has 0 unspecified atom stereocenters. The second-order valence-electron chi connectivity index (χ2n) is 6.93. The maximum atomic E-state index is 13.1. The smallest absolute Gasteiger partial charge is 0.322 e. The number of carbonyl (C=O) groups is 1. The molecule has 0 bridgehead atoms. The van der Waals surface area contributed by atoms with Gasteiger partial charge in [-0.1, -0.05) is 0 Å². The molecule has 0 aromatic carbocycles. The van der Waals surface area contributed by atoms with E-state index in [1.807, 2.05) is 17.0 Å². The lowest BCUT2D eigenvalue weighted by atomic mass is 10.2. The van der Waals surface area contributed by atoms with Crippen molar-refractivity contribution >= 4 is 11.7 Å². The van der Waals surface area contributed by atoms with Crippen LogP contribution in [0.4, 0.5) is 10.5 Å². The van der Waals surface area contributed by atoms with E-state index in [-0.39, 0.29) is 18.2 Å². The van der Waals surface area contributed by atoms with Crippen molar-refractivity contribution in [2.75, 3.05) is 31.6 Å². The lowest BCUT2D eigenvalue weighted by Crippen LogP contribution is -2.44. The largest absolute Gasteiger partial charge is 0.376 e. The fraction of sp³-hybridized carbons (Fsp3) is 0.526. The van der Waals surface area contributed by atoms with E-state index in [1.54, 1.807) is 29.3 Å². The van der Waals surface area contributed by atoms with E-state index in [2.05, 4.69) is 15.4 Å². The average Bonchev–Trinajstić information content (AvgIpc) is 3.45. The molecule has 27 heavy (non-hydrogen) atoms. The molecule has 2 aromatic rings. The predicted molar refractivity (Wildman–Crippen MR) is 99.9 cm³/mol. The number of pyridine rings is 1. The van der Waals surface area contributed by atoms with Crippen LogP contribution < -0.4 is 5.32 Å². The molecule has 8 nitrogen and oxygen atoms in total. The first kappa shape index (κ1) is 17.9. The number of urea groups is 1. The highest BCUT2D eigenvalue weighted by atomic mass is 16.5. The van der Waals surface area contributed by atoms with Crippen LogP contribution in [0.25, 0.3) is 5.82 Å². The van der Waals surface area contributed by atoms with Gasteiger partial charge in [0.25, 0.3) is 0 Å². The molecule has 0 saturated carbocycles. The van der Waals surface area contributed by atoms with E-state index in [0.29, 0.717) is 24.6 Å². The van der Waals surface area contributed by atoms with Gasteiger partial charge in [0, 0.05) is 44.9 Å². The number of aromatic nitrogens is 3. The number of nitrogens with one attached hydrogen (secondary N) is 1. The van der Waals surface area contributed by atoms with Crippen LogP contribution in [0.5, 0.6) is 0 Å². The lowest BCUT2D eigenvalue weighted by Gasteiger charge is -2.28. The maximum Gasteiger partial charge on any atom is 0.322 e. The average molecular weight is 371 g/mol. The molecular formula is C19H25N5O3. The van der Waals surface area contributed by atoms with Crippen molar-refractivity contribution in [1.29, 1.82) is 0 Å². The Balaban J connectivity index is 1.49. The van der Waals surface area contributed by atoms with Crippen molar-refractivity contribution in [3.63, 3.8) is 0 Å². The highest BCUT2D eigenvalue weighted by molar-refractivity contribution is 5.91. The molecular weight excluding hydrogens is 346 g/mol. The number of nitrogens with zero attached hydrogens (tertiary/aromatic N) is 4. The van der Waals surface area contributed by atoms with Crippen molar-refractivity contribution in [2.24, 2.45) is 0 Å². The molecule has 4 rings (SSSR count). The fourth-order valence-corrected chi connectivity index (χ4v) is 3.57. The second kappa shape index (κ2) is 8.49. The summed E-state index contributed by atoms with van der Waals surface area (Å²) in [6.07, 6.45) is 9.42. The number of hydrogen-bond acceptors (Lipinski definition) is 5. The Morgan fingerprint density at radius 1 is 1.15 bits per heavy atom. The zero-order valence-corrected chi connectivity index (χ0v) is 15.3. The highest BCUT2D eigenvalue weighted by Crippen LogP contribution is 2.20. The third-order valence-electron chi connectivity index (χ3n) is 4.93. The summed E-state index contributed by atoms with van der Waals surface area (Å²) < 4.78 is 13.1. The molecule has 2 aliphatic rings. The van der Waals surface area contributed by atoms with Crippen LogP contribution in [0.2, 0.25) is 0 Å². The van der Waals surface area contributed by atoms with Gasteiger partial charge in [0.05, 0.1) is 17.9 Å². The summed E-state index contributed by atoms with van der Waals surface area (Å²) in [4.78, 5) is 19.2. The van der Waals surface area contributed by atoms with E-state index >= 15 is 0 Å². The molecule has 0 radical (unpaired) electrons. The summed E-state index contributed by atoms with van der Waals surface area (Å²) in [6.45, 7) is 2.68. The number of anilines is 1. The van der Waals surface area contributed by atoms with E-state index in [0.717, 1.165) is 38.9 Å². The highest BCUT2D eigenvalue weighted by Gasteiger charge is 2.27. The molecule has 4 heterocycles. The van der Waals surface area contributed by atoms with Gasteiger partial charge in [-0.05, 0) is 43.9 Å². The molecule has 2 fully saturated rings. The van der Waals surface area contributed by atoms with Crippen LogP contribution in [0, 0.1) is 0 Å². The van der Waals surface area contributed by atoms with Crippen LogP contribution in [-0.2, 0) is 9.47 Å². The molecule has 2 aromatic heterocycles. The van der Waals surface area contributed by atoms with E-state index < -0.39 is 0 Å². The summed E-state index contributed by atoms with van der Waals surface area (Å²) in [5.74, 6) is 0.588. The van der Waals surface area contributed by atoms with Crippen LogP contribution in [-0.4, -0.2) is 64.2 Å². The Hall–Kier alpha value is -2.45. The summed E-state index contributed by atoms with van der Waals surface area (Å²) in [6, 6.07) is 5.29. The van der Waals surface area contributed by atoms with Gasteiger partial charge in [-0.25, -0.2) is 14.5 Å². The first-order chi connectivity index (χ1) is 13.3. The standard InChI is InChI=1S/C19H25N5O3/c25-19(22-17-7-1-8-20-18(17)24-10-4-9-21-24)23(13-15-5-2-11-26-15)14-16-6-3-12-27-16/h1,4,7-10,15-16H,2-3,5-6,11-14H2,(H,22,25)/t15-,16-/m0/s1. The summed E-state index contributed by atoms with van der Waals surface area (Å²) in [5.41, 5.74) is 0.621. The van der Waals surface area contributed by atoms with Crippen LogP contribution in [0.3, 0.4) is 0 Å². The molecule has 8 heteroatoms. The molecule has 2 atom stereocenters. The Morgan fingerprint density at radius 2 is 1.89 bits per heavy atom. The molecule has 2 aliphatic heterocycles. The SMILES string of the molecule is O=C(Nc1cccnc1-n1cccn1)N(C[C@@H]1CCCO1)C[C@@H]1CCCO1. The predicted octanol–water partition coefficient (Wildman–Crippen LogP) is 2.46. The second-order valence-corrected chi connectivity index (χ2v) is 6.93. The van der Waals surface area contributed by atoms with E-state index in [1.165, 1.54) is 0 Å². The van der Waals surface area contributed by atoms with Crippen molar-refractivity contribution in [1.82, 2.24) is 19.7 Å². The Kier molecular flexibility index (Phi) is 5.64. The van der Waals surface area contributed by atoms with Crippen LogP contribution in [0.15, 0.2) is 36.8 Å². The molecule has 2 saturated heterocycles. The number of hydrogen-bond donors (Lipinski definition) is 1. The number of rotatable bonds is 6. The zero-order chi connectivity index (χ0) is 18.5. The Bertz CT molecular complexity index is 722. The fourth-order valence-electron chi connectivity index (χ4n) is 3.57. The van der Waals surface area contributed by atoms with Gasteiger partial charge in [0.1, 0.15) is 0 Å². The molecule has 2 amide bonds. The van der Waals surface area contributed by atoms with Crippen LogP contribution >= 0.6 is 0 Å². The maximum absolute atomic E-state index is 13.1.